The SMILES string of the molecule is CN(C)CCN(CCC(=O)O)c1ccc(F)c(F)c1. The van der Waals surface area contributed by atoms with Crippen LogP contribution in [-0.2, 0) is 4.79 Å². The summed E-state index contributed by atoms with van der Waals surface area (Å²) in [5.41, 5.74) is 0.488. The molecule has 0 aliphatic rings. The third-order valence-electron chi connectivity index (χ3n) is 2.68. The number of benzene rings is 1. The molecule has 0 aliphatic heterocycles. The number of carboxylic acids is 1. The van der Waals surface area contributed by atoms with Crippen LogP contribution in [0.25, 0.3) is 0 Å². The van der Waals surface area contributed by atoms with Crippen LogP contribution >= 0.6 is 0 Å². The Morgan fingerprint density at radius 2 is 1.84 bits per heavy atom. The number of rotatable bonds is 7. The Kier molecular flexibility index (Phi) is 5.69. The third-order valence-corrected chi connectivity index (χ3v) is 2.68. The Morgan fingerprint density at radius 3 is 2.37 bits per heavy atom. The number of hydrogen-bond acceptors (Lipinski definition) is 3. The molecular formula is C13H18F2N2O2. The van der Waals surface area contributed by atoms with Crippen molar-refractivity contribution >= 4 is 11.7 Å². The molecule has 0 bridgehead atoms. The molecule has 0 aliphatic carbocycles. The molecule has 0 unspecified atom stereocenters. The van der Waals surface area contributed by atoms with Crippen LogP contribution in [0.5, 0.6) is 0 Å². The lowest BCUT2D eigenvalue weighted by atomic mass is 10.2. The van der Waals surface area contributed by atoms with Gasteiger partial charge in [-0.15, -0.1) is 0 Å². The van der Waals surface area contributed by atoms with Crippen molar-refractivity contribution < 1.29 is 18.7 Å². The van der Waals surface area contributed by atoms with Crippen LogP contribution in [0.15, 0.2) is 18.2 Å². The maximum atomic E-state index is 13.2. The summed E-state index contributed by atoms with van der Waals surface area (Å²) in [7, 11) is 3.78. The standard InChI is InChI=1S/C13H18F2N2O2/c1-16(2)7-8-17(6-5-13(18)19)10-3-4-11(14)12(15)9-10/h3-4,9H,5-8H2,1-2H3,(H,18,19). The average molecular weight is 272 g/mol. The molecule has 0 heterocycles. The van der Waals surface area contributed by atoms with E-state index < -0.39 is 17.6 Å². The molecule has 0 saturated heterocycles. The quantitative estimate of drug-likeness (QED) is 0.822. The van der Waals surface area contributed by atoms with E-state index >= 15 is 0 Å². The van der Waals surface area contributed by atoms with Crippen molar-refractivity contribution in [1.82, 2.24) is 4.90 Å². The highest BCUT2D eigenvalue weighted by Gasteiger charge is 2.11. The largest absolute Gasteiger partial charge is 0.481 e. The molecule has 6 heteroatoms. The molecule has 1 rings (SSSR count). The number of hydrogen-bond donors (Lipinski definition) is 1. The lowest BCUT2D eigenvalue weighted by Gasteiger charge is -2.26. The van der Waals surface area contributed by atoms with Gasteiger partial charge in [0.1, 0.15) is 0 Å². The Morgan fingerprint density at radius 1 is 1.16 bits per heavy atom. The molecule has 1 aromatic carbocycles. The maximum absolute atomic E-state index is 13.2. The zero-order valence-corrected chi connectivity index (χ0v) is 11.1. The summed E-state index contributed by atoms with van der Waals surface area (Å²) in [5.74, 6) is -2.75. The lowest BCUT2D eigenvalue weighted by Crippen LogP contribution is -2.33. The van der Waals surface area contributed by atoms with Crippen molar-refractivity contribution in [2.75, 3.05) is 38.6 Å². The van der Waals surface area contributed by atoms with Gasteiger partial charge in [0.25, 0.3) is 0 Å². The highest BCUT2D eigenvalue weighted by atomic mass is 19.2. The van der Waals surface area contributed by atoms with E-state index in [-0.39, 0.29) is 13.0 Å². The second-order valence-corrected chi connectivity index (χ2v) is 4.53. The highest BCUT2D eigenvalue weighted by molar-refractivity contribution is 5.67. The number of aliphatic carboxylic acids is 1. The van der Waals surface area contributed by atoms with Gasteiger partial charge >= 0.3 is 5.97 Å². The molecule has 1 N–H and O–H groups in total. The smallest absolute Gasteiger partial charge is 0.305 e. The summed E-state index contributed by atoms with van der Waals surface area (Å²) in [5, 5.41) is 8.71. The van der Waals surface area contributed by atoms with E-state index in [1.54, 1.807) is 4.90 Å². The van der Waals surface area contributed by atoms with Gasteiger partial charge in [-0.05, 0) is 26.2 Å². The van der Waals surface area contributed by atoms with Crippen LogP contribution in [0.1, 0.15) is 6.42 Å². The van der Waals surface area contributed by atoms with E-state index in [4.69, 9.17) is 5.11 Å². The predicted octanol–water partition coefficient (Wildman–Crippen LogP) is 1.81. The van der Waals surface area contributed by atoms with Crippen molar-refractivity contribution in [3.05, 3.63) is 29.8 Å². The molecule has 19 heavy (non-hydrogen) atoms. The van der Waals surface area contributed by atoms with E-state index in [9.17, 15) is 13.6 Å². The molecule has 0 amide bonds. The zero-order valence-electron chi connectivity index (χ0n) is 11.1. The van der Waals surface area contributed by atoms with E-state index in [0.717, 1.165) is 12.1 Å². The van der Waals surface area contributed by atoms with Crippen LogP contribution in [-0.4, -0.2) is 49.7 Å². The van der Waals surface area contributed by atoms with E-state index in [1.807, 2.05) is 19.0 Å². The molecule has 106 valence electrons. The van der Waals surface area contributed by atoms with Gasteiger partial charge in [0.15, 0.2) is 11.6 Å². The molecule has 1 aromatic rings. The number of nitrogens with zero attached hydrogens (tertiary/aromatic N) is 2. The first-order valence-corrected chi connectivity index (χ1v) is 5.96. The van der Waals surface area contributed by atoms with Gasteiger partial charge in [0.05, 0.1) is 6.42 Å². The van der Waals surface area contributed by atoms with Gasteiger partial charge in [0.2, 0.25) is 0 Å². The number of anilines is 1. The summed E-state index contributed by atoms with van der Waals surface area (Å²) in [4.78, 5) is 14.3. The second kappa shape index (κ2) is 7.04. The Bertz CT molecular complexity index is 439. The Balaban J connectivity index is 2.80. The zero-order chi connectivity index (χ0) is 14.4. The first-order valence-electron chi connectivity index (χ1n) is 5.96. The van der Waals surface area contributed by atoms with Gasteiger partial charge in [-0.2, -0.15) is 0 Å². The van der Waals surface area contributed by atoms with Gasteiger partial charge in [0, 0.05) is 31.4 Å². The van der Waals surface area contributed by atoms with E-state index in [1.165, 1.54) is 6.07 Å². The summed E-state index contributed by atoms with van der Waals surface area (Å²) in [6, 6.07) is 3.59. The van der Waals surface area contributed by atoms with Gasteiger partial charge < -0.3 is 14.9 Å². The van der Waals surface area contributed by atoms with E-state index in [0.29, 0.717) is 18.8 Å². The normalized spacial score (nSPS) is 10.8. The Hall–Kier alpha value is -1.69. The minimum absolute atomic E-state index is 0.0492. The van der Waals surface area contributed by atoms with Gasteiger partial charge in [-0.25, -0.2) is 8.78 Å². The summed E-state index contributed by atoms with van der Waals surface area (Å²) in [6.07, 6.45) is -0.0492. The van der Waals surface area contributed by atoms with Crippen molar-refractivity contribution in [2.24, 2.45) is 0 Å². The predicted molar refractivity (Wildman–Crippen MR) is 69.4 cm³/mol. The molecule has 0 saturated carbocycles. The lowest BCUT2D eigenvalue weighted by molar-refractivity contribution is -0.136. The molecular weight excluding hydrogens is 254 g/mol. The average Bonchev–Trinajstić information content (AvgIpc) is 2.32. The van der Waals surface area contributed by atoms with Crippen LogP contribution in [0.4, 0.5) is 14.5 Å². The number of likely N-dealkylation sites (N-methyl/N-ethyl adjacent to an activating group) is 1. The van der Waals surface area contributed by atoms with Gasteiger partial charge in [-0.3, -0.25) is 4.79 Å². The molecule has 4 nitrogen and oxygen atoms in total. The minimum atomic E-state index is -0.928. The van der Waals surface area contributed by atoms with Crippen LogP contribution in [0.2, 0.25) is 0 Å². The Labute approximate surface area is 111 Å². The van der Waals surface area contributed by atoms with Crippen LogP contribution in [0.3, 0.4) is 0 Å². The molecule has 0 atom stereocenters. The fourth-order valence-electron chi connectivity index (χ4n) is 1.60. The molecule has 0 radical (unpaired) electrons. The molecule has 0 fully saturated rings. The summed E-state index contributed by atoms with van der Waals surface area (Å²) in [6.45, 7) is 1.50. The van der Waals surface area contributed by atoms with Crippen molar-refractivity contribution in [3.63, 3.8) is 0 Å². The maximum Gasteiger partial charge on any atom is 0.305 e. The van der Waals surface area contributed by atoms with Crippen molar-refractivity contribution in [2.45, 2.75) is 6.42 Å². The molecule has 0 spiro atoms. The van der Waals surface area contributed by atoms with Crippen molar-refractivity contribution in [3.8, 4) is 0 Å². The van der Waals surface area contributed by atoms with Crippen molar-refractivity contribution in [1.29, 1.82) is 0 Å². The number of carboxylic acid groups (broad SMARTS) is 1. The first-order chi connectivity index (χ1) is 8.90. The molecule has 0 aromatic heterocycles. The summed E-state index contributed by atoms with van der Waals surface area (Å²) < 4.78 is 26.1. The van der Waals surface area contributed by atoms with Gasteiger partial charge in [-0.1, -0.05) is 0 Å². The fraction of sp³-hybridized carbons (Fsp3) is 0.462. The van der Waals surface area contributed by atoms with Crippen LogP contribution < -0.4 is 4.90 Å². The van der Waals surface area contributed by atoms with Crippen LogP contribution in [0, 0.1) is 11.6 Å². The highest BCUT2D eigenvalue weighted by Crippen LogP contribution is 2.18. The minimum Gasteiger partial charge on any atom is -0.481 e. The second-order valence-electron chi connectivity index (χ2n) is 4.53. The monoisotopic (exact) mass is 272 g/mol. The van der Waals surface area contributed by atoms with E-state index in [2.05, 4.69) is 0 Å². The third kappa shape index (κ3) is 5.21. The first kappa shape index (κ1) is 15.4. The number of carbonyl (C=O) groups is 1. The summed E-state index contributed by atoms with van der Waals surface area (Å²) >= 11 is 0. The fourth-order valence-corrected chi connectivity index (χ4v) is 1.60. The number of halogens is 2. The topological polar surface area (TPSA) is 43.8 Å².